The van der Waals surface area contributed by atoms with Crippen molar-refractivity contribution in [2.75, 3.05) is 20.8 Å². The average molecular weight is 632 g/mol. The van der Waals surface area contributed by atoms with Gasteiger partial charge < -0.3 is 18.9 Å². The lowest BCUT2D eigenvalue weighted by Crippen LogP contribution is -2.25. The lowest BCUT2D eigenvalue weighted by Gasteiger charge is -2.13. The van der Waals surface area contributed by atoms with Gasteiger partial charge in [0, 0.05) is 17.1 Å². The van der Waals surface area contributed by atoms with Gasteiger partial charge in [0.1, 0.15) is 18.2 Å². The first-order valence-electron chi connectivity index (χ1n) is 10.9. The van der Waals surface area contributed by atoms with Crippen molar-refractivity contribution in [3.05, 3.63) is 79.4 Å². The monoisotopic (exact) mass is 630 g/mol. The number of hydrogen-bond donors (Lipinski definition) is 1. The van der Waals surface area contributed by atoms with Gasteiger partial charge in [-0.2, -0.15) is 10.4 Å². The molecular weight excluding hydrogens is 608 g/mol. The van der Waals surface area contributed by atoms with E-state index in [4.69, 9.17) is 18.9 Å². The molecule has 0 saturated carbocycles. The third kappa shape index (κ3) is 7.52. The Morgan fingerprint density at radius 2 is 1.92 bits per heavy atom. The number of halogens is 2. The number of pyridine rings is 1. The van der Waals surface area contributed by atoms with Crippen molar-refractivity contribution in [3.63, 3.8) is 0 Å². The Hall–Kier alpha value is -3.46. The van der Waals surface area contributed by atoms with E-state index < -0.39 is 5.91 Å². The Bertz CT molecular complexity index is 1330. The first kappa shape index (κ1) is 28.1. The smallest absolute Gasteiger partial charge is 0.278 e. The molecule has 37 heavy (non-hydrogen) atoms. The van der Waals surface area contributed by atoms with E-state index in [0.29, 0.717) is 43.9 Å². The highest BCUT2D eigenvalue weighted by atomic mass is 79.9. The van der Waals surface area contributed by atoms with Crippen LogP contribution in [0, 0.1) is 18.3 Å². The molecule has 1 amide bonds. The van der Waals surface area contributed by atoms with Gasteiger partial charge in [0.15, 0.2) is 18.1 Å². The Labute approximate surface area is 231 Å². The molecule has 1 aromatic heterocycles. The second-order valence-electron chi connectivity index (χ2n) is 7.60. The number of methoxy groups -OCH3 is 2. The molecule has 2 aromatic carbocycles. The molecule has 0 aliphatic carbocycles. The highest BCUT2D eigenvalue weighted by Crippen LogP contribution is 2.37. The van der Waals surface area contributed by atoms with E-state index in [2.05, 4.69) is 53.4 Å². The molecule has 1 heterocycles. The third-order valence-corrected chi connectivity index (χ3v) is 6.63. The Balaban J connectivity index is 1.63. The van der Waals surface area contributed by atoms with E-state index in [9.17, 15) is 10.1 Å². The minimum atomic E-state index is -0.523. The molecule has 0 unspecified atom stereocenters. The largest absolute Gasteiger partial charge is 0.493 e. The molecule has 3 aromatic rings. The molecule has 0 atom stereocenters. The summed E-state index contributed by atoms with van der Waals surface area (Å²) in [6.45, 7) is 1.94. The van der Waals surface area contributed by atoms with Gasteiger partial charge in [-0.3, -0.25) is 4.79 Å². The van der Waals surface area contributed by atoms with Crippen LogP contribution in [0.3, 0.4) is 0 Å². The topological polar surface area (TPSA) is 115 Å². The molecule has 0 saturated heterocycles. The van der Waals surface area contributed by atoms with E-state index in [1.807, 2.05) is 30.3 Å². The minimum Gasteiger partial charge on any atom is -0.493 e. The van der Waals surface area contributed by atoms with Crippen LogP contribution in [0.2, 0.25) is 0 Å². The summed E-state index contributed by atoms with van der Waals surface area (Å²) in [6.07, 6.45) is 1.46. The molecule has 0 spiro atoms. The SMILES string of the molecule is COCc1c(Br)c(C)nc(OCC(=O)N/N=C\c2cc(Br)c(OCc3ccccc3)c(OC)c2)c1C#N. The number of amides is 1. The van der Waals surface area contributed by atoms with Crippen LogP contribution in [0.1, 0.15) is 27.9 Å². The lowest BCUT2D eigenvalue weighted by molar-refractivity contribution is -0.123. The maximum Gasteiger partial charge on any atom is 0.278 e. The summed E-state index contributed by atoms with van der Waals surface area (Å²) in [5.74, 6) is 0.590. The van der Waals surface area contributed by atoms with E-state index >= 15 is 0 Å². The zero-order chi connectivity index (χ0) is 26.8. The number of rotatable bonds is 11. The molecular formula is C26H24Br2N4O5. The number of hydrazone groups is 1. The molecule has 0 aliphatic rings. The fraction of sp³-hybridized carbons (Fsp3) is 0.231. The van der Waals surface area contributed by atoms with E-state index in [-0.39, 0.29) is 24.7 Å². The van der Waals surface area contributed by atoms with Crippen LogP contribution in [-0.4, -0.2) is 37.9 Å². The van der Waals surface area contributed by atoms with Crippen molar-refractivity contribution in [1.29, 1.82) is 5.26 Å². The standard InChI is InChI=1S/C26H24Br2N4O5/c1-16-24(28)20(14-34-2)19(11-29)26(31-16)37-15-23(33)32-30-12-18-9-21(27)25(22(10-18)35-3)36-13-17-7-5-4-6-8-17/h4-10,12H,13-15H2,1-3H3,(H,32,33)/b30-12-. The number of nitrogens with one attached hydrogen (secondary N) is 1. The molecule has 192 valence electrons. The Morgan fingerprint density at radius 3 is 2.59 bits per heavy atom. The van der Waals surface area contributed by atoms with Gasteiger partial charge in [-0.1, -0.05) is 30.3 Å². The fourth-order valence-corrected chi connectivity index (χ4v) is 4.22. The number of ether oxygens (including phenoxy) is 4. The van der Waals surface area contributed by atoms with Crippen molar-refractivity contribution in [3.8, 4) is 23.4 Å². The van der Waals surface area contributed by atoms with Crippen molar-refractivity contribution in [2.45, 2.75) is 20.1 Å². The number of aromatic nitrogens is 1. The van der Waals surface area contributed by atoms with Crippen LogP contribution in [0.5, 0.6) is 17.4 Å². The van der Waals surface area contributed by atoms with Crippen LogP contribution in [0.25, 0.3) is 0 Å². The number of carbonyl (C=O) groups is 1. The molecule has 3 rings (SSSR count). The zero-order valence-electron chi connectivity index (χ0n) is 20.4. The molecule has 0 fully saturated rings. The predicted octanol–water partition coefficient (Wildman–Crippen LogP) is 5.05. The van der Waals surface area contributed by atoms with Crippen molar-refractivity contribution < 1.29 is 23.7 Å². The van der Waals surface area contributed by atoms with Crippen molar-refractivity contribution in [2.24, 2.45) is 5.10 Å². The summed E-state index contributed by atoms with van der Waals surface area (Å²) < 4.78 is 23.4. The fourth-order valence-electron chi connectivity index (χ4n) is 3.24. The molecule has 0 aliphatic heterocycles. The Kier molecular flexibility index (Phi) is 10.4. The molecule has 9 nitrogen and oxygen atoms in total. The second kappa shape index (κ2) is 13.7. The first-order chi connectivity index (χ1) is 17.9. The number of benzene rings is 2. The lowest BCUT2D eigenvalue weighted by atomic mass is 10.1. The number of nitriles is 1. The highest BCUT2D eigenvalue weighted by Gasteiger charge is 2.18. The minimum absolute atomic E-state index is 0.0501. The quantitative estimate of drug-likeness (QED) is 0.233. The van der Waals surface area contributed by atoms with Crippen LogP contribution in [-0.2, 0) is 22.7 Å². The molecule has 11 heteroatoms. The summed E-state index contributed by atoms with van der Waals surface area (Å²) >= 11 is 6.92. The van der Waals surface area contributed by atoms with Gasteiger partial charge in [0.05, 0.1) is 30.1 Å². The van der Waals surface area contributed by atoms with Gasteiger partial charge in [0.25, 0.3) is 5.91 Å². The molecule has 0 radical (unpaired) electrons. The third-order valence-electron chi connectivity index (χ3n) is 4.99. The van der Waals surface area contributed by atoms with Gasteiger partial charge in [-0.15, -0.1) is 0 Å². The van der Waals surface area contributed by atoms with Crippen LogP contribution < -0.4 is 19.6 Å². The van der Waals surface area contributed by atoms with Crippen LogP contribution >= 0.6 is 31.9 Å². The normalized spacial score (nSPS) is 10.7. The highest BCUT2D eigenvalue weighted by molar-refractivity contribution is 9.10. The summed E-state index contributed by atoms with van der Waals surface area (Å²) in [5, 5.41) is 13.5. The molecule has 1 N–H and O–H groups in total. The van der Waals surface area contributed by atoms with Gasteiger partial charge >= 0.3 is 0 Å². The molecule has 0 bridgehead atoms. The van der Waals surface area contributed by atoms with E-state index in [1.54, 1.807) is 26.2 Å². The summed E-state index contributed by atoms with van der Waals surface area (Å²) in [6, 6.07) is 15.4. The van der Waals surface area contributed by atoms with Gasteiger partial charge in [-0.25, -0.2) is 10.4 Å². The van der Waals surface area contributed by atoms with Crippen LogP contribution in [0.15, 0.2) is 56.5 Å². The number of nitrogens with zero attached hydrogens (tertiary/aromatic N) is 3. The van der Waals surface area contributed by atoms with Gasteiger partial charge in [0.2, 0.25) is 5.88 Å². The summed E-state index contributed by atoms with van der Waals surface area (Å²) in [4.78, 5) is 16.5. The zero-order valence-corrected chi connectivity index (χ0v) is 23.6. The summed E-state index contributed by atoms with van der Waals surface area (Å²) in [7, 11) is 3.07. The number of carbonyl (C=O) groups excluding carboxylic acids is 1. The number of hydrogen-bond acceptors (Lipinski definition) is 8. The van der Waals surface area contributed by atoms with Crippen molar-refractivity contribution >= 4 is 44.0 Å². The average Bonchev–Trinajstić information content (AvgIpc) is 2.90. The van der Waals surface area contributed by atoms with Crippen LogP contribution in [0.4, 0.5) is 0 Å². The maximum atomic E-state index is 12.3. The second-order valence-corrected chi connectivity index (χ2v) is 9.25. The van der Waals surface area contributed by atoms with Crippen molar-refractivity contribution in [1.82, 2.24) is 10.4 Å². The first-order valence-corrected chi connectivity index (χ1v) is 12.5. The predicted molar refractivity (Wildman–Crippen MR) is 145 cm³/mol. The van der Waals surface area contributed by atoms with Gasteiger partial charge in [-0.05, 0) is 62.0 Å². The van der Waals surface area contributed by atoms with E-state index in [1.165, 1.54) is 13.3 Å². The number of aryl methyl sites for hydroxylation is 1. The Morgan fingerprint density at radius 1 is 1.16 bits per heavy atom. The maximum absolute atomic E-state index is 12.3. The van der Waals surface area contributed by atoms with E-state index in [0.717, 1.165) is 5.56 Å². The summed E-state index contributed by atoms with van der Waals surface area (Å²) in [5.41, 5.74) is 5.49.